The van der Waals surface area contributed by atoms with Crippen molar-refractivity contribution in [1.82, 2.24) is 10.6 Å². The SMILES string of the molecule is CSCCC(NC(=O)OCC1c2ccccc2-c2ccccc21)C(=O)NCCOCCC(=O)O. The van der Waals surface area contributed by atoms with Crippen LogP contribution >= 0.6 is 11.8 Å². The van der Waals surface area contributed by atoms with Gasteiger partial charge in [0.15, 0.2) is 0 Å². The molecular formula is C25H30N2O6S. The van der Waals surface area contributed by atoms with E-state index in [1.165, 1.54) is 0 Å². The third-order valence-electron chi connectivity index (χ3n) is 5.57. The molecular weight excluding hydrogens is 456 g/mol. The molecule has 0 aromatic heterocycles. The predicted octanol–water partition coefficient (Wildman–Crippen LogP) is 3.25. The van der Waals surface area contributed by atoms with Gasteiger partial charge in [-0.05, 0) is 40.7 Å². The van der Waals surface area contributed by atoms with Gasteiger partial charge in [0.1, 0.15) is 12.6 Å². The van der Waals surface area contributed by atoms with Crippen LogP contribution in [0.5, 0.6) is 0 Å². The highest BCUT2D eigenvalue weighted by atomic mass is 32.2. The van der Waals surface area contributed by atoms with Gasteiger partial charge < -0.3 is 25.2 Å². The maximum Gasteiger partial charge on any atom is 0.407 e. The highest BCUT2D eigenvalue weighted by Crippen LogP contribution is 2.44. The number of amides is 2. The number of hydrogen-bond donors (Lipinski definition) is 3. The fraction of sp³-hybridized carbons (Fsp3) is 0.400. The van der Waals surface area contributed by atoms with Crippen molar-refractivity contribution in [1.29, 1.82) is 0 Å². The van der Waals surface area contributed by atoms with Gasteiger partial charge in [-0.1, -0.05) is 48.5 Å². The Balaban J connectivity index is 1.52. The highest BCUT2D eigenvalue weighted by molar-refractivity contribution is 7.98. The summed E-state index contributed by atoms with van der Waals surface area (Å²) in [7, 11) is 0. The van der Waals surface area contributed by atoms with Gasteiger partial charge in [-0.2, -0.15) is 11.8 Å². The van der Waals surface area contributed by atoms with Crippen molar-refractivity contribution in [3.05, 3.63) is 59.7 Å². The molecule has 2 aromatic carbocycles. The maximum atomic E-state index is 12.6. The van der Waals surface area contributed by atoms with Crippen LogP contribution in [0, 0.1) is 0 Å². The van der Waals surface area contributed by atoms with Gasteiger partial charge in [-0.25, -0.2) is 4.79 Å². The second kappa shape index (κ2) is 13.0. The average Bonchev–Trinajstić information content (AvgIpc) is 3.16. The Hall–Kier alpha value is -3.04. The van der Waals surface area contributed by atoms with E-state index in [2.05, 4.69) is 34.9 Å². The number of carbonyl (C=O) groups excluding carboxylic acids is 2. The Morgan fingerprint density at radius 2 is 1.68 bits per heavy atom. The first-order chi connectivity index (χ1) is 16.5. The van der Waals surface area contributed by atoms with Gasteiger partial charge in [0.2, 0.25) is 5.91 Å². The number of hydrogen-bond acceptors (Lipinski definition) is 6. The first-order valence-electron chi connectivity index (χ1n) is 11.2. The fourth-order valence-corrected chi connectivity index (χ4v) is 4.39. The second-order valence-corrected chi connectivity index (χ2v) is 8.84. The number of ether oxygens (including phenoxy) is 2. The summed E-state index contributed by atoms with van der Waals surface area (Å²) in [5.74, 6) is -0.631. The molecule has 2 amide bonds. The molecule has 0 fully saturated rings. The van der Waals surface area contributed by atoms with Crippen LogP contribution in [0.4, 0.5) is 4.79 Å². The van der Waals surface area contributed by atoms with E-state index in [1.54, 1.807) is 11.8 Å². The lowest BCUT2D eigenvalue weighted by atomic mass is 9.98. The molecule has 182 valence electrons. The molecule has 0 spiro atoms. The molecule has 0 heterocycles. The minimum absolute atomic E-state index is 0.0559. The summed E-state index contributed by atoms with van der Waals surface area (Å²) >= 11 is 1.58. The van der Waals surface area contributed by atoms with Crippen LogP contribution < -0.4 is 10.6 Å². The number of carbonyl (C=O) groups is 3. The molecule has 9 heteroatoms. The molecule has 34 heavy (non-hydrogen) atoms. The summed E-state index contributed by atoms with van der Waals surface area (Å²) in [6, 6.07) is 15.5. The van der Waals surface area contributed by atoms with E-state index < -0.39 is 18.1 Å². The van der Waals surface area contributed by atoms with Gasteiger partial charge in [-0.3, -0.25) is 9.59 Å². The molecule has 3 N–H and O–H groups in total. The summed E-state index contributed by atoms with van der Waals surface area (Å²) in [5, 5.41) is 14.0. The van der Waals surface area contributed by atoms with Gasteiger partial charge >= 0.3 is 12.1 Å². The molecule has 1 aliphatic carbocycles. The van der Waals surface area contributed by atoms with Gasteiger partial charge in [0, 0.05) is 12.5 Å². The zero-order valence-corrected chi connectivity index (χ0v) is 19.9. The molecule has 1 atom stereocenters. The quantitative estimate of drug-likeness (QED) is 0.373. The molecule has 1 aliphatic rings. The van der Waals surface area contributed by atoms with Crippen LogP contribution in [0.1, 0.15) is 29.9 Å². The molecule has 3 rings (SSSR count). The van der Waals surface area contributed by atoms with E-state index in [-0.39, 0.29) is 44.6 Å². The van der Waals surface area contributed by atoms with Crippen LogP contribution in [0.3, 0.4) is 0 Å². The van der Waals surface area contributed by atoms with E-state index in [9.17, 15) is 14.4 Å². The molecule has 0 saturated carbocycles. The normalized spacial score (nSPS) is 13.0. The van der Waals surface area contributed by atoms with E-state index in [0.717, 1.165) is 22.3 Å². The number of thioether (sulfide) groups is 1. The van der Waals surface area contributed by atoms with Crippen molar-refractivity contribution in [3.63, 3.8) is 0 Å². The summed E-state index contributed by atoms with van der Waals surface area (Å²) in [6.07, 6.45) is 1.66. The average molecular weight is 487 g/mol. The number of fused-ring (bicyclic) bond motifs is 3. The second-order valence-electron chi connectivity index (χ2n) is 7.85. The summed E-state index contributed by atoms with van der Waals surface area (Å²) in [4.78, 5) is 35.6. The molecule has 8 nitrogen and oxygen atoms in total. The third-order valence-corrected chi connectivity index (χ3v) is 6.21. The third kappa shape index (κ3) is 6.98. The largest absolute Gasteiger partial charge is 0.481 e. The minimum atomic E-state index is -0.937. The van der Waals surface area contributed by atoms with Crippen LogP contribution in [0.15, 0.2) is 48.5 Å². The number of carboxylic acid groups (broad SMARTS) is 1. The predicted molar refractivity (Wildman–Crippen MR) is 131 cm³/mol. The number of rotatable bonds is 13. The number of benzene rings is 2. The first kappa shape index (κ1) is 25.6. The van der Waals surface area contributed by atoms with Crippen molar-refractivity contribution < 1.29 is 29.0 Å². The Morgan fingerprint density at radius 3 is 2.29 bits per heavy atom. The number of carboxylic acids is 1. The maximum absolute atomic E-state index is 12.6. The van der Waals surface area contributed by atoms with Gasteiger partial charge in [-0.15, -0.1) is 0 Å². The Bertz CT molecular complexity index is 953. The van der Waals surface area contributed by atoms with Crippen LogP contribution in [-0.4, -0.2) is 67.5 Å². The van der Waals surface area contributed by atoms with Crippen LogP contribution in [0.2, 0.25) is 0 Å². The van der Waals surface area contributed by atoms with E-state index in [1.807, 2.05) is 30.5 Å². The zero-order valence-electron chi connectivity index (χ0n) is 19.1. The molecule has 0 saturated heterocycles. The van der Waals surface area contributed by atoms with Crippen molar-refractivity contribution in [3.8, 4) is 11.1 Å². The van der Waals surface area contributed by atoms with E-state index in [4.69, 9.17) is 14.6 Å². The molecule has 0 aliphatic heterocycles. The monoisotopic (exact) mass is 486 g/mol. The highest BCUT2D eigenvalue weighted by Gasteiger charge is 2.29. The number of nitrogens with one attached hydrogen (secondary N) is 2. The van der Waals surface area contributed by atoms with Crippen LogP contribution in [-0.2, 0) is 19.1 Å². The molecule has 2 aromatic rings. The standard InChI is InChI=1S/C25H30N2O6S/c1-34-15-11-22(24(30)26-12-14-32-13-10-23(28)29)27-25(31)33-16-21-19-8-4-2-6-17(19)18-7-3-5-9-20(18)21/h2-9,21-22H,10-16H2,1H3,(H,26,30)(H,27,31)(H,28,29). The molecule has 1 unspecified atom stereocenters. The lowest BCUT2D eigenvalue weighted by molar-refractivity contribution is -0.138. The fourth-order valence-electron chi connectivity index (χ4n) is 3.92. The van der Waals surface area contributed by atoms with Crippen molar-refractivity contribution >= 4 is 29.7 Å². The smallest absolute Gasteiger partial charge is 0.407 e. The first-order valence-corrected chi connectivity index (χ1v) is 12.6. The van der Waals surface area contributed by atoms with Crippen molar-refractivity contribution in [2.24, 2.45) is 0 Å². The summed E-state index contributed by atoms with van der Waals surface area (Å²) in [5.41, 5.74) is 4.54. The van der Waals surface area contributed by atoms with Gasteiger partial charge in [0.25, 0.3) is 0 Å². The summed E-state index contributed by atoms with van der Waals surface area (Å²) < 4.78 is 10.7. The number of aliphatic carboxylic acids is 1. The van der Waals surface area contributed by atoms with Crippen molar-refractivity contribution in [2.75, 3.05) is 38.4 Å². The Kier molecular flexibility index (Phi) is 9.78. The lowest BCUT2D eigenvalue weighted by Crippen LogP contribution is -2.48. The van der Waals surface area contributed by atoms with Crippen molar-refractivity contribution in [2.45, 2.75) is 24.8 Å². The topological polar surface area (TPSA) is 114 Å². The summed E-state index contributed by atoms with van der Waals surface area (Å²) in [6.45, 7) is 0.674. The Labute approximate surface area is 203 Å². The minimum Gasteiger partial charge on any atom is -0.481 e. The van der Waals surface area contributed by atoms with E-state index in [0.29, 0.717) is 12.2 Å². The lowest BCUT2D eigenvalue weighted by Gasteiger charge is -2.19. The van der Waals surface area contributed by atoms with Gasteiger partial charge in [0.05, 0.1) is 19.6 Å². The Morgan fingerprint density at radius 1 is 1.03 bits per heavy atom. The van der Waals surface area contributed by atoms with E-state index >= 15 is 0 Å². The molecule has 0 bridgehead atoms. The molecule has 0 radical (unpaired) electrons. The zero-order chi connectivity index (χ0) is 24.3. The van der Waals surface area contributed by atoms with Crippen LogP contribution in [0.25, 0.3) is 11.1 Å². The number of alkyl carbamates (subject to hydrolysis) is 1.